The molecule has 9 atom stereocenters. The van der Waals surface area contributed by atoms with Crippen molar-refractivity contribution in [2.45, 2.75) is 212 Å². The van der Waals surface area contributed by atoms with Gasteiger partial charge in [0.1, 0.15) is 17.7 Å². The molecule has 2 aromatic carbocycles. The number of piperidine rings is 1. The summed E-state index contributed by atoms with van der Waals surface area (Å²) < 4.78 is 53.4. The molecule has 0 unspecified atom stereocenters. The number of nitrogens with zero attached hydrogens (tertiary/aromatic N) is 1. The molecule has 0 radical (unpaired) electrons. The lowest BCUT2D eigenvalue weighted by atomic mass is 9.81. The van der Waals surface area contributed by atoms with Crippen molar-refractivity contribution in [3.05, 3.63) is 84.5 Å². The summed E-state index contributed by atoms with van der Waals surface area (Å²) in [6.45, 7) is 32.4. The minimum absolute atomic E-state index is 0.0507. The average Bonchev–Trinajstić information content (AvgIpc) is 3.26. The largest absolute Gasteiger partial charge is 0.456 e. The smallest absolute Gasteiger partial charge is 0.411 e. The van der Waals surface area contributed by atoms with Crippen molar-refractivity contribution in [3.8, 4) is 0 Å². The monoisotopic (exact) mass is 990 g/mol. The number of ether oxygens (including phenoxy) is 6. The summed E-state index contributed by atoms with van der Waals surface area (Å²) in [5, 5.41) is 2.36. The number of carbonyl (C=O) groups is 2. The molecule has 2 saturated heterocycles. The van der Waals surface area contributed by atoms with Crippen molar-refractivity contribution in [3.63, 3.8) is 0 Å². The molecule has 4 aliphatic rings. The second kappa shape index (κ2) is 21.5. The van der Waals surface area contributed by atoms with Gasteiger partial charge in [0.2, 0.25) is 0 Å². The van der Waals surface area contributed by atoms with E-state index in [9.17, 15) is 9.59 Å². The fourth-order valence-corrected chi connectivity index (χ4v) is 16.6. The predicted molar refractivity (Wildman–Crippen MR) is 279 cm³/mol. The summed E-state index contributed by atoms with van der Waals surface area (Å²) in [5.41, 5.74) is 0.213. The number of rotatable bonds is 13. The van der Waals surface area contributed by atoms with Crippen LogP contribution in [-0.2, 0) is 42.1 Å². The van der Waals surface area contributed by atoms with Crippen molar-refractivity contribution in [1.82, 2.24) is 4.90 Å². The van der Waals surface area contributed by atoms with Gasteiger partial charge in [-0.2, -0.15) is 0 Å². The van der Waals surface area contributed by atoms with E-state index in [4.69, 9.17) is 37.3 Å². The minimum atomic E-state index is -2.85. The Balaban J connectivity index is 1.30. The molecule has 69 heavy (non-hydrogen) atoms. The molecule has 1 amide bonds. The molecular weight excluding hydrogens is 903 g/mol. The van der Waals surface area contributed by atoms with E-state index in [0.717, 1.165) is 37.7 Å². The highest BCUT2D eigenvalue weighted by molar-refractivity contribution is 6.99. The van der Waals surface area contributed by atoms with Gasteiger partial charge in [-0.1, -0.05) is 121 Å². The number of methoxy groups -OCH3 is 1. The van der Waals surface area contributed by atoms with E-state index in [1.54, 1.807) is 12.0 Å². The Morgan fingerprint density at radius 1 is 0.841 bits per heavy atom. The van der Waals surface area contributed by atoms with Crippen LogP contribution in [0.15, 0.2) is 84.5 Å². The molecule has 13 heteroatoms. The number of benzene rings is 2. The van der Waals surface area contributed by atoms with Gasteiger partial charge in [0.25, 0.3) is 8.32 Å². The van der Waals surface area contributed by atoms with Gasteiger partial charge in [0.15, 0.2) is 19.9 Å². The Hall–Kier alpha value is -3.15. The van der Waals surface area contributed by atoms with Crippen LogP contribution in [0.5, 0.6) is 0 Å². The lowest BCUT2D eigenvalue weighted by Crippen LogP contribution is -2.68. The third kappa shape index (κ3) is 13.1. The first-order valence-electron chi connectivity index (χ1n) is 25.7. The van der Waals surface area contributed by atoms with Crippen molar-refractivity contribution in [2.24, 2.45) is 11.8 Å². The molecule has 0 aromatic heterocycles. The van der Waals surface area contributed by atoms with Gasteiger partial charge in [-0.05, 0) is 131 Å². The Morgan fingerprint density at radius 3 is 2.00 bits per heavy atom. The van der Waals surface area contributed by atoms with Crippen LogP contribution in [0.25, 0.3) is 0 Å². The second-order valence-electron chi connectivity index (χ2n) is 24.2. The number of allylic oxidation sites excluding steroid dienone is 1. The van der Waals surface area contributed by atoms with E-state index in [1.807, 2.05) is 40.7 Å². The summed E-state index contributed by atoms with van der Waals surface area (Å²) in [7, 11) is -3.12. The lowest BCUT2D eigenvalue weighted by molar-refractivity contribution is -0.393. The van der Waals surface area contributed by atoms with Crippen molar-refractivity contribution >= 4 is 39.1 Å². The van der Waals surface area contributed by atoms with Crippen LogP contribution in [0.4, 0.5) is 4.79 Å². The average molecular weight is 990 g/mol. The predicted octanol–water partition coefficient (Wildman–Crippen LogP) is 11.2. The van der Waals surface area contributed by atoms with E-state index >= 15 is 0 Å². The maximum absolute atomic E-state index is 14.7. The summed E-state index contributed by atoms with van der Waals surface area (Å²) in [6, 6.07) is 20.8. The van der Waals surface area contributed by atoms with Crippen molar-refractivity contribution in [2.75, 3.05) is 20.3 Å². The number of carbonyl (C=O) groups excluding carboxylic acids is 2. The van der Waals surface area contributed by atoms with Crippen LogP contribution in [-0.4, -0.2) is 108 Å². The van der Waals surface area contributed by atoms with Crippen molar-refractivity contribution in [1.29, 1.82) is 0 Å². The number of hydrogen-bond acceptors (Lipinski definition) is 10. The third-order valence-electron chi connectivity index (χ3n) is 15.1. The highest BCUT2D eigenvalue weighted by atomic mass is 28.4. The van der Waals surface area contributed by atoms with Gasteiger partial charge < -0.3 is 37.3 Å². The maximum atomic E-state index is 14.7. The second-order valence-corrected chi connectivity index (χ2v) is 33.2. The highest BCUT2D eigenvalue weighted by Gasteiger charge is 2.54. The molecule has 0 N–H and O–H groups in total. The van der Waals surface area contributed by atoms with Crippen LogP contribution in [0.2, 0.25) is 23.2 Å². The molecular formula is C56H87NO10Si2. The zero-order valence-corrected chi connectivity index (χ0v) is 47.0. The fraction of sp³-hybridized carbons (Fsp3) is 0.679. The van der Waals surface area contributed by atoms with Crippen LogP contribution in [0, 0.1) is 11.8 Å². The van der Waals surface area contributed by atoms with Crippen LogP contribution in [0.1, 0.15) is 135 Å². The third-order valence-corrected chi connectivity index (χ3v) is 24.7. The lowest BCUT2D eigenvalue weighted by Gasteiger charge is -2.50. The Kier molecular flexibility index (Phi) is 17.2. The minimum Gasteiger partial charge on any atom is -0.456 e. The van der Waals surface area contributed by atoms with E-state index in [2.05, 4.69) is 141 Å². The van der Waals surface area contributed by atoms with Gasteiger partial charge in [-0.25, -0.2) is 9.59 Å². The molecule has 3 aliphatic heterocycles. The number of likely N-dealkylation sites (tertiary alicyclic amines) is 1. The first-order chi connectivity index (χ1) is 32.1. The zero-order chi connectivity index (χ0) is 50.8. The molecule has 11 nitrogen and oxygen atoms in total. The Labute approximate surface area is 417 Å². The normalized spacial score (nSPS) is 28.2. The number of esters is 1. The fourth-order valence-electron chi connectivity index (χ4n) is 10.6. The van der Waals surface area contributed by atoms with Gasteiger partial charge in [-0.3, -0.25) is 4.90 Å². The quantitative estimate of drug-likeness (QED) is 0.109. The van der Waals surface area contributed by atoms with Crippen LogP contribution in [0.3, 0.4) is 0 Å². The first-order valence-corrected chi connectivity index (χ1v) is 30.5. The molecule has 2 aromatic rings. The summed E-state index contributed by atoms with van der Waals surface area (Å²) in [4.78, 5) is 29.8. The number of amides is 1. The van der Waals surface area contributed by atoms with Gasteiger partial charge in [0.05, 0.1) is 31.0 Å². The Morgan fingerprint density at radius 2 is 1.46 bits per heavy atom. The SMILES string of the molecule is CO[C@@H]1C[C@H](/C=C(\C)[C@@H](OC(=O)[C@@H]2CCCCN2C(=O)OC(C)(C)C)[C@H](C)[C@@H]2C[C@]3(C=C[C@@H](O[Si](C)(C)C(C)(C)C)CO3)OC(C)(C)O2)CC[C@H]1O[Si](c1ccccc1)(c1ccccc1)C(C)(C)C. The molecule has 384 valence electrons. The molecule has 1 saturated carbocycles. The van der Waals surface area contributed by atoms with E-state index in [1.165, 1.54) is 10.4 Å². The summed E-state index contributed by atoms with van der Waals surface area (Å²) in [5.74, 6) is -2.74. The van der Waals surface area contributed by atoms with E-state index in [0.29, 0.717) is 26.0 Å². The molecule has 0 bridgehead atoms. The summed E-state index contributed by atoms with van der Waals surface area (Å²) in [6.07, 6.45) is 9.12. The molecule has 1 spiro atoms. The molecule has 6 rings (SSSR count). The van der Waals surface area contributed by atoms with Crippen molar-refractivity contribution < 1.29 is 46.9 Å². The van der Waals surface area contributed by atoms with Gasteiger partial charge >= 0.3 is 12.1 Å². The molecule has 3 heterocycles. The topological polar surface area (TPSA) is 111 Å². The van der Waals surface area contributed by atoms with Gasteiger partial charge in [-0.15, -0.1) is 0 Å². The van der Waals surface area contributed by atoms with Gasteiger partial charge in [0, 0.05) is 26.0 Å². The van der Waals surface area contributed by atoms with E-state index < -0.39 is 64.1 Å². The maximum Gasteiger partial charge on any atom is 0.411 e. The highest BCUT2D eigenvalue weighted by Crippen LogP contribution is 2.45. The number of hydrogen-bond donors (Lipinski definition) is 0. The Bertz CT molecular complexity index is 2050. The zero-order valence-electron chi connectivity index (χ0n) is 45.0. The van der Waals surface area contributed by atoms with Crippen LogP contribution < -0.4 is 10.4 Å². The van der Waals surface area contributed by atoms with Crippen LogP contribution >= 0.6 is 0 Å². The standard InChI is InChI=1S/C56H87NO10Si2/c1-39(35-41-30-31-46(47(36-41)60-14)66-69(54(9,10)11,43-25-19-17-20-26-43)44-27-21-18-22-28-44)49(62-50(58)45-29-23-24-34-57(45)51(59)64-52(3,4)5)40(2)48-37-56(67-55(12,13)63-48)33-32-42(38-61-56)65-68(15,16)53(6,7)8/h17-22,25-28,32-33,35,40-42,45-49H,23-24,29-31,34,36-38H2,1-16H3/b39-35+/t40-,41+,42-,45+,46-,47-,48+,49-,56+/m1/s1. The molecule has 3 fully saturated rings. The summed E-state index contributed by atoms with van der Waals surface area (Å²) >= 11 is 0. The van der Waals surface area contributed by atoms with E-state index in [-0.39, 0.29) is 40.2 Å². The molecule has 1 aliphatic carbocycles. The first kappa shape index (κ1) is 55.2.